The normalized spacial score (nSPS) is 11.0. The van der Waals surface area contributed by atoms with Crippen molar-refractivity contribution in [2.75, 3.05) is 12.4 Å². The standard InChI is InChI=1S/C16H16BrN3S/c1-3-6-12-14(17)16(18-2)20-15(19-12)11-9-21-13-8-5-4-7-10(11)13/h4-5,7-9H,3,6H2,1-2H3,(H,18,19,20). The summed E-state index contributed by atoms with van der Waals surface area (Å²) in [4.78, 5) is 9.44. The minimum Gasteiger partial charge on any atom is -0.372 e. The third-order valence-electron chi connectivity index (χ3n) is 3.37. The third kappa shape index (κ3) is 2.68. The first-order valence-corrected chi connectivity index (χ1v) is 8.62. The van der Waals surface area contributed by atoms with Crippen molar-refractivity contribution in [2.24, 2.45) is 0 Å². The summed E-state index contributed by atoms with van der Waals surface area (Å²) in [6, 6.07) is 8.38. The van der Waals surface area contributed by atoms with Crippen LogP contribution >= 0.6 is 27.3 Å². The first-order chi connectivity index (χ1) is 10.2. The lowest BCUT2D eigenvalue weighted by Crippen LogP contribution is -2.03. The lowest BCUT2D eigenvalue weighted by molar-refractivity contribution is 0.869. The van der Waals surface area contributed by atoms with E-state index in [2.05, 4.69) is 62.8 Å². The van der Waals surface area contributed by atoms with Crippen LogP contribution < -0.4 is 5.32 Å². The van der Waals surface area contributed by atoms with Crippen molar-refractivity contribution < 1.29 is 0 Å². The Morgan fingerprint density at radius 1 is 1.24 bits per heavy atom. The first kappa shape index (κ1) is 14.5. The first-order valence-electron chi connectivity index (χ1n) is 6.95. The highest BCUT2D eigenvalue weighted by molar-refractivity contribution is 9.10. The summed E-state index contributed by atoms with van der Waals surface area (Å²) in [6.07, 6.45) is 2.00. The van der Waals surface area contributed by atoms with E-state index in [-0.39, 0.29) is 0 Å². The summed E-state index contributed by atoms with van der Waals surface area (Å²) in [5, 5.41) is 6.51. The van der Waals surface area contributed by atoms with Crippen LogP contribution in [0.1, 0.15) is 19.0 Å². The van der Waals surface area contributed by atoms with Gasteiger partial charge in [0.15, 0.2) is 5.82 Å². The summed E-state index contributed by atoms with van der Waals surface area (Å²) in [5.41, 5.74) is 2.17. The van der Waals surface area contributed by atoms with E-state index in [1.165, 1.54) is 10.1 Å². The van der Waals surface area contributed by atoms with Crippen molar-refractivity contribution in [3.05, 3.63) is 39.8 Å². The number of benzene rings is 1. The van der Waals surface area contributed by atoms with Crippen LogP contribution in [0, 0.1) is 0 Å². The van der Waals surface area contributed by atoms with E-state index < -0.39 is 0 Å². The Labute approximate surface area is 136 Å². The van der Waals surface area contributed by atoms with Crippen molar-refractivity contribution in [1.29, 1.82) is 0 Å². The lowest BCUT2D eigenvalue weighted by Gasteiger charge is -2.10. The lowest BCUT2D eigenvalue weighted by atomic mass is 10.1. The third-order valence-corrected chi connectivity index (χ3v) is 5.16. The molecule has 0 aliphatic heterocycles. The topological polar surface area (TPSA) is 37.8 Å². The molecule has 21 heavy (non-hydrogen) atoms. The van der Waals surface area contributed by atoms with Crippen LogP contribution in [0.25, 0.3) is 21.5 Å². The maximum Gasteiger partial charge on any atom is 0.163 e. The highest BCUT2D eigenvalue weighted by Gasteiger charge is 2.14. The number of hydrogen-bond donors (Lipinski definition) is 1. The number of aromatic nitrogens is 2. The molecule has 1 N–H and O–H groups in total. The summed E-state index contributed by atoms with van der Waals surface area (Å²) in [5.74, 6) is 1.64. The summed E-state index contributed by atoms with van der Waals surface area (Å²) >= 11 is 5.34. The predicted molar refractivity (Wildman–Crippen MR) is 94.1 cm³/mol. The van der Waals surface area contributed by atoms with Crippen molar-refractivity contribution in [3.63, 3.8) is 0 Å². The molecular formula is C16H16BrN3S. The Morgan fingerprint density at radius 3 is 2.81 bits per heavy atom. The van der Waals surface area contributed by atoms with E-state index in [0.29, 0.717) is 0 Å². The second-order valence-corrected chi connectivity index (χ2v) is 6.51. The van der Waals surface area contributed by atoms with Crippen molar-refractivity contribution in [3.8, 4) is 11.4 Å². The van der Waals surface area contributed by atoms with Gasteiger partial charge in [-0.25, -0.2) is 9.97 Å². The smallest absolute Gasteiger partial charge is 0.163 e. The molecule has 0 bridgehead atoms. The zero-order valence-electron chi connectivity index (χ0n) is 12.0. The average Bonchev–Trinajstić information content (AvgIpc) is 2.93. The van der Waals surface area contributed by atoms with Gasteiger partial charge in [-0.3, -0.25) is 0 Å². The molecule has 0 spiro atoms. The molecule has 3 rings (SSSR count). The fourth-order valence-electron chi connectivity index (χ4n) is 2.33. The van der Waals surface area contributed by atoms with Gasteiger partial charge in [-0.15, -0.1) is 11.3 Å². The Balaban J connectivity index is 2.19. The van der Waals surface area contributed by atoms with Gasteiger partial charge in [-0.05, 0) is 28.4 Å². The SMILES string of the molecule is CCCc1nc(-c2csc3ccccc23)nc(NC)c1Br. The van der Waals surface area contributed by atoms with Crippen LogP contribution in [-0.2, 0) is 6.42 Å². The minimum atomic E-state index is 0.795. The largest absolute Gasteiger partial charge is 0.372 e. The van der Waals surface area contributed by atoms with E-state index in [1.807, 2.05) is 7.05 Å². The van der Waals surface area contributed by atoms with Crippen molar-refractivity contribution in [1.82, 2.24) is 9.97 Å². The molecule has 0 amide bonds. The summed E-state index contributed by atoms with van der Waals surface area (Å²) in [6.45, 7) is 2.16. The molecule has 3 aromatic rings. The Bertz CT molecular complexity index is 782. The maximum atomic E-state index is 4.77. The molecule has 0 saturated heterocycles. The molecule has 0 atom stereocenters. The van der Waals surface area contributed by atoms with Crippen molar-refractivity contribution in [2.45, 2.75) is 19.8 Å². The number of nitrogens with zero attached hydrogens (tertiary/aromatic N) is 2. The number of hydrogen-bond acceptors (Lipinski definition) is 4. The molecule has 0 aliphatic rings. The molecule has 1 aromatic carbocycles. The average molecular weight is 362 g/mol. The van der Waals surface area contributed by atoms with Crippen LogP contribution in [0.15, 0.2) is 34.1 Å². The Kier molecular flexibility index (Phi) is 4.22. The molecule has 0 saturated carbocycles. The molecule has 2 aromatic heterocycles. The van der Waals surface area contributed by atoms with E-state index in [1.54, 1.807) is 11.3 Å². The molecule has 0 unspecified atom stereocenters. The molecule has 0 radical (unpaired) electrons. The molecular weight excluding hydrogens is 346 g/mol. The number of halogens is 1. The van der Waals surface area contributed by atoms with E-state index in [0.717, 1.165) is 40.2 Å². The Morgan fingerprint density at radius 2 is 2.05 bits per heavy atom. The second-order valence-electron chi connectivity index (χ2n) is 4.80. The predicted octanol–water partition coefficient (Wildman–Crippen LogP) is 5.12. The molecule has 2 heterocycles. The molecule has 0 aliphatic carbocycles. The van der Waals surface area contributed by atoms with Gasteiger partial charge in [0.25, 0.3) is 0 Å². The maximum absolute atomic E-state index is 4.77. The minimum absolute atomic E-state index is 0.795. The highest BCUT2D eigenvalue weighted by atomic mass is 79.9. The number of fused-ring (bicyclic) bond motifs is 1. The van der Waals surface area contributed by atoms with Crippen LogP contribution in [0.3, 0.4) is 0 Å². The van der Waals surface area contributed by atoms with E-state index in [9.17, 15) is 0 Å². The van der Waals surface area contributed by atoms with Gasteiger partial charge >= 0.3 is 0 Å². The van der Waals surface area contributed by atoms with Crippen LogP contribution in [-0.4, -0.2) is 17.0 Å². The van der Waals surface area contributed by atoms with Gasteiger partial charge in [0, 0.05) is 28.1 Å². The van der Waals surface area contributed by atoms with Gasteiger partial charge in [0.1, 0.15) is 5.82 Å². The fourth-order valence-corrected chi connectivity index (χ4v) is 3.85. The zero-order chi connectivity index (χ0) is 14.8. The fraction of sp³-hybridized carbons (Fsp3) is 0.250. The number of rotatable bonds is 4. The van der Waals surface area contributed by atoms with Gasteiger partial charge < -0.3 is 5.32 Å². The molecule has 3 nitrogen and oxygen atoms in total. The van der Waals surface area contributed by atoms with Gasteiger partial charge in [-0.2, -0.15) is 0 Å². The van der Waals surface area contributed by atoms with Crippen LogP contribution in [0.5, 0.6) is 0 Å². The number of anilines is 1. The summed E-state index contributed by atoms with van der Waals surface area (Å²) < 4.78 is 2.23. The number of aryl methyl sites for hydroxylation is 1. The van der Waals surface area contributed by atoms with E-state index in [4.69, 9.17) is 4.98 Å². The quantitative estimate of drug-likeness (QED) is 0.700. The Hall–Kier alpha value is -1.46. The monoisotopic (exact) mass is 361 g/mol. The molecule has 0 fully saturated rings. The number of thiophene rings is 1. The molecule has 5 heteroatoms. The van der Waals surface area contributed by atoms with Gasteiger partial charge in [-0.1, -0.05) is 31.5 Å². The van der Waals surface area contributed by atoms with Crippen molar-refractivity contribution >= 4 is 43.2 Å². The number of nitrogens with one attached hydrogen (secondary N) is 1. The highest BCUT2D eigenvalue weighted by Crippen LogP contribution is 2.34. The van der Waals surface area contributed by atoms with E-state index >= 15 is 0 Å². The molecule has 108 valence electrons. The van der Waals surface area contributed by atoms with Crippen LogP contribution in [0.2, 0.25) is 0 Å². The van der Waals surface area contributed by atoms with Gasteiger partial charge in [0.2, 0.25) is 0 Å². The second kappa shape index (κ2) is 6.12. The van der Waals surface area contributed by atoms with Crippen LogP contribution in [0.4, 0.5) is 5.82 Å². The summed E-state index contributed by atoms with van der Waals surface area (Å²) in [7, 11) is 1.89. The zero-order valence-corrected chi connectivity index (χ0v) is 14.4. The van der Waals surface area contributed by atoms with Gasteiger partial charge in [0.05, 0.1) is 10.2 Å².